The van der Waals surface area contributed by atoms with Crippen LogP contribution < -0.4 is 0 Å². The van der Waals surface area contributed by atoms with Crippen molar-refractivity contribution < 1.29 is 19.4 Å². The zero-order valence-corrected chi connectivity index (χ0v) is 15.0. The van der Waals surface area contributed by atoms with Gasteiger partial charge in [0.2, 0.25) is 0 Å². The van der Waals surface area contributed by atoms with Crippen molar-refractivity contribution in [2.45, 2.75) is 51.2 Å². The summed E-state index contributed by atoms with van der Waals surface area (Å²) in [6, 6.07) is 6.74. The van der Waals surface area contributed by atoms with Gasteiger partial charge in [-0.05, 0) is 62.3 Å². The molecule has 2 aliphatic rings. The Morgan fingerprint density at radius 2 is 1.80 bits per heavy atom. The van der Waals surface area contributed by atoms with Crippen molar-refractivity contribution in [3.05, 3.63) is 35.4 Å². The van der Waals surface area contributed by atoms with Crippen LogP contribution in [-0.2, 0) is 4.74 Å². The summed E-state index contributed by atoms with van der Waals surface area (Å²) in [5.41, 5.74) is 1.02. The summed E-state index contributed by atoms with van der Waals surface area (Å²) in [6.07, 6.45) is 4.51. The number of esters is 1. The second kappa shape index (κ2) is 7.56. The van der Waals surface area contributed by atoms with E-state index in [-0.39, 0.29) is 24.0 Å². The molecule has 5 heteroatoms. The van der Waals surface area contributed by atoms with Gasteiger partial charge in [-0.1, -0.05) is 6.92 Å². The SMILES string of the molecule is COC(=O)c1ccc(C(=O)N2CCCC2C2CC(C)CCC2O)cc1. The highest BCUT2D eigenvalue weighted by Crippen LogP contribution is 2.37. The molecule has 1 aromatic carbocycles. The maximum Gasteiger partial charge on any atom is 0.337 e. The summed E-state index contributed by atoms with van der Waals surface area (Å²) in [6.45, 7) is 2.96. The topological polar surface area (TPSA) is 66.8 Å². The Labute approximate surface area is 149 Å². The molecular weight excluding hydrogens is 318 g/mol. The third-order valence-electron chi connectivity index (χ3n) is 5.73. The maximum atomic E-state index is 13.0. The molecule has 1 saturated heterocycles. The highest BCUT2D eigenvalue weighted by atomic mass is 16.5. The molecule has 0 aromatic heterocycles. The van der Waals surface area contributed by atoms with Crippen molar-refractivity contribution in [1.82, 2.24) is 4.90 Å². The Morgan fingerprint density at radius 1 is 1.12 bits per heavy atom. The van der Waals surface area contributed by atoms with E-state index in [1.807, 2.05) is 4.90 Å². The van der Waals surface area contributed by atoms with Gasteiger partial charge >= 0.3 is 5.97 Å². The van der Waals surface area contributed by atoms with E-state index in [0.29, 0.717) is 17.0 Å². The molecule has 1 amide bonds. The normalized spacial score (nSPS) is 29.5. The van der Waals surface area contributed by atoms with Crippen LogP contribution in [-0.4, -0.2) is 47.7 Å². The maximum absolute atomic E-state index is 13.0. The van der Waals surface area contributed by atoms with Gasteiger partial charge in [0.05, 0.1) is 18.8 Å². The number of ether oxygens (including phenoxy) is 1. The van der Waals surface area contributed by atoms with E-state index in [9.17, 15) is 14.7 Å². The van der Waals surface area contributed by atoms with Gasteiger partial charge in [0.25, 0.3) is 5.91 Å². The summed E-state index contributed by atoms with van der Waals surface area (Å²) in [7, 11) is 1.34. The fraction of sp³-hybridized carbons (Fsp3) is 0.600. The van der Waals surface area contributed by atoms with E-state index in [2.05, 4.69) is 6.92 Å². The molecular formula is C20H27NO4. The van der Waals surface area contributed by atoms with Crippen LogP contribution in [0.15, 0.2) is 24.3 Å². The molecule has 3 rings (SSSR count). The average molecular weight is 345 g/mol. The standard InChI is InChI=1S/C20H27NO4/c1-13-5-10-18(22)16(12-13)17-4-3-11-21(17)19(23)14-6-8-15(9-7-14)20(24)25-2/h6-9,13,16-18,22H,3-5,10-12H2,1-2H3. The van der Waals surface area contributed by atoms with Crippen molar-refractivity contribution >= 4 is 11.9 Å². The zero-order valence-electron chi connectivity index (χ0n) is 15.0. The van der Waals surface area contributed by atoms with Crippen LogP contribution in [0.1, 0.15) is 59.7 Å². The highest BCUT2D eigenvalue weighted by molar-refractivity contribution is 5.96. The minimum atomic E-state index is -0.405. The number of aliphatic hydroxyl groups excluding tert-OH is 1. The molecule has 2 fully saturated rings. The van der Waals surface area contributed by atoms with Gasteiger partial charge < -0.3 is 14.7 Å². The molecule has 1 aliphatic heterocycles. The third kappa shape index (κ3) is 3.71. The largest absolute Gasteiger partial charge is 0.465 e. The lowest BCUT2D eigenvalue weighted by atomic mass is 9.76. The van der Waals surface area contributed by atoms with Crippen molar-refractivity contribution in [1.29, 1.82) is 0 Å². The highest BCUT2D eigenvalue weighted by Gasteiger charge is 2.40. The minimum absolute atomic E-state index is 0.00987. The van der Waals surface area contributed by atoms with Crippen LogP contribution in [0.4, 0.5) is 0 Å². The predicted molar refractivity (Wildman–Crippen MR) is 94.4 cm³/mol. The molecule has 1 saturated carbocycles. The number of carbonyl (C=O) groups is 2. The van der Waals surface area contributed by atoms with Crippen LogP contribution in [0, 0.1) is 11.8 Å². The molecule has 0 bridgehead atoms. The molecule has 1 heterocycles. The Balaban J connectivity index is 1.75. The van der Waals surface area contributed by atoms with Gasteiger partial charge in [-0.15, -0.1) is 0 Å². The first kappa shape index (κ1) is 17.9. The number of hydrogen-bond acceptors (Lipinski definition) is 4. The van der Waals surface area contributed by atoms with Gasteiger partial charge in [0.1, 0.15) is 0 Å². The van der Waals surface area contributed by atoms with Gasteiger partial charge in [-0.25, -0.2) is 4.79 Å². The first-order valence-electron chi connectivity index (χ1n) is 9.18. The summed E-state index contributed by atoms with van der Waals surface area (Å²) >= 11 is 0. The summed E-state index contributed by atoms with van der Waals surface area (Å²) in [4.78, 5) is 26.4. The van der Waals surface area contributed by atoms with E-state index in [1.54, 1.807) is 24.3 Å². The average Bonchev–Trinajstić information content (AvgIpc) is 3.12. The second-order valence-electron chi connectivity index (χ2n) is 7.43. The number of nitrogens with zero attached hydrogens (tertiary/aromatic N) is 1. The van der Waals surface area contributed by atoms with E-state index in [0.717, 1.165) is 38.6 Å². The number of likely N-dealkylation sites (tertiary alicyclic amines) is 1. The first-order chi connectivity index (χ1) is 12.0. The Hall–Kier alpha value is -1.88. The van der Waals surface area contributed by atoms with E-state index in [4.69, 9.17) is 4.74 Å². The van der Waals surface area contributed by atoms with Crippen LogP contribution in [0.3, 0.4) is 0 Å². The van der Waals surface area contributed by atoms with Gasteiger partial charge in [-0.3, -0.25) is 4.79 Å². The number of carbonyl (C=O) groups excluding carboxylic acids is 2. The molecule has 1 N–H and O–H groups in total. The number of methoxy groups -OCH3 is 1. The number of amides is 1. The summed E-state index contributed by atoms with van der Waals surface area (Å²) in [5, 5.41) is 10.5. The number of benzene rings is 1. The molecule has 0 spiro atoms. The molecule has 1 aliphatic carbocycles. The third-order valence-corrected chi connectivity index (χ3v) is 5.73. The van der Waals surface area contributed by atoms with Gasteiger partial charge in [0, 0.05) is 24.1 Å². The Bertz CT molecular complexity index is 627. The van der Waals surface area contributed by atoms with Crippen molar-refractivity contribution in [2.24, 2.45) is 11.8 Å². The molecule has 4 unspecified atom stereocenters. The Kier molecular flexibility index (Phi) is 5.42. The van der Waals surface area contributed by atoms with Crippen LogP contribution >= 0.6 is 0 Å². The number of hydrogen-bond donors (Lipinski definition) is 1. The smallest absolute Gasteiger partial charge is 0.337 e. The molecule has 136 valence electrons. The van der Waals surface area contributed by atoms with E-state index >= 15 is 0 Å². The zero-order chi connectivity index (χ0) is 18.0. The minimum Gasteiger partial charge on any atom is -0.465 e. The molecule has 5 nitrogen and oxygen atoms in total. The van der Waals surface area contributed by atoms with Crippen LogP contribution in [0.5, 0.6) is 0 Å². The monoisotopic (exact) mass is 345 g/mol. The van der Waals surface area contributed by atoms with Crippen LogP contribution in [0.25, 0.3) is 0 Å². The fourth-order valence-corrected chi connectivity index (χ4v) is 4.34. The van der Waals surface area contributed by atoms with Crippen molar-refractivity contribution in [3.63, 3.8) is 0 Å². The molecule has 1 aromatic rings. The molecule has 25 heavy (non-hydrogen) atoms. The van der Waals surface area contributed by atoms with Gasteiger partial charge in [0.15, 0.2) is 0 Å². The summed E-state index contributed by atoms with van der Waals surface area (Å²) < 4.78 is 4.69. The van der Waals surface area contributed by atoms with E-state index < -0.39 is 5.97 Å². The first-order valence-corrected chi connectivity index (χ1v) is 9.18. The van der Waals surface area contributed by atoms with Crippen LogP contribution in [0.2, 0.25) is 0 Å². The lowest BCUT2D eigenvalue weighted by Crippen LogP contribution is -2.46. The summed E-state index contributed by atoms with van der Waals surface area (Å²) in [5.74, 6) is 0.358. The molecule has 0 radical (unpaired) electrons. The van der Waals surface area contributed by atoms with Crippen molar-refractivity contribution in [2.75, 3.05) is 13.7 Å². The van der Waals surface area contributed by atoms with Crippen molar-refractivity contribution in [3.8, 4) is 0 Å². The predicted octanol–water partition coefficient (Wildman–Crippen LogP) is 2.87. The quantitative estimate of drug-likeness (QED) is 0.856. The van der Waals surface area contributed by atoms with E-state index in [1.165, 1.54) is 7.11 Å². The second-order valence-corrected chi connectivity index (χ2v) is 7.43. The van der Waals surface area contributed by atoms with Gasteiger partial charge in [-0.2, -0.15) is 0 Å². The fourth-order valence-electron chi connectivity index (χ4n) is 4.34. The lowest BCUT2D eigenvalue weighted by molar-refractivity contribution is 0.00858. The number of rotatable bonds is 3. The molecule has 4 atom stereocenters. The lowest BCUT2D eigenvalue weighted by Gasteiger charge is -2.39. The number of aliphatic hydroxyl groups is 1. The Morgan fingerprint density at radius 3 is 2.48 bits per heavy atom.